The van der Waals surface area contributed by atoms with E-state index in [1.165, 1.54) is 6.07 Å². The summed E-state index contributed by atoms with van der Waals surface area (Å²) in [7, 11) is 1.84. The summed E-state index contributed by atoms with van der Waals surface area (Å²) in [6.07, 6.45) is 0. The average Bonchev–Trinajstić information content (AvgIpc) is 2.41. The van der Waals surface area contributed by atoms with Gasteiger partial charge in [-0.1, -0.05) is 50.1 Å². The van der Waals surface area contributed by atoms with E-state index in [-0.39, 0.29) is 10.6 Å². The molecule has 0 bridgehead atoms. The molecule has 0 saturated heterocycles. The summed E-state index contributed by atoms with van der Waals surface area (Å²) in [6.45, 7) is 0.587. The second-order valence-corrected chi connectivity index (χ2v) is 6.11. The monoisotopic (exact) mass is 398 g/mol. The first-order valence-corrected chi connectivity index (χ1v) is 7.46. The molecule has 20 heavy (non-hydrogen) atoms. The van der Waals surface area contributed by atoms with Gasteiger partial charge in [-0.3, -0.25) is 10.1 Å². The lowest BCUT2D eigenvalue weighted by molar-refractivity contribution is -0.384. The van der Waals surface area contributed by atoms with Gasteiger partial charge in [0, 0.05) is 28.6 Å². The molecule has 0 aliphatic carbocycles. The highest BCUT2D eigenvalue weighted by molar-refractivity contribution is 9.10. The lowest BCUT2D eigenvalue weighted by Gasteiger charge is -2.20. The van der Waals surface area contributed by atoms with Gasteiger partial charge in [0.2, 0.25) is 0 Å². The highest BCUT2D eigenvalue weighted by Gasteiger charge is 2.18. The Kier molecular flexibility index (Phi) is 4.77. The number of hydrogen-bond donors (Lipinski definition) is 0. The van der Waals surface area contributed by atoms with Crippen LogP contribution in [-0.4, -0.2) is 12.0 Å². The van der Waals surface area contributed by atoms with Crippen molar-refractivity contribution in [2.75, 3.05) is 11.9 Å². The molecule has 2 aromatic rings. The Bertz CT molecular complexity index is 647. The van der Waals surface area contributed by atoms with Crippen LogP contribution >= 0.6 is 31.9 Å². The third-order valence-corrected chi connectivity index (χ3v) is 4.18. The van der Waals surface area contributed by atoms with Gasteiger partial charge in [0.25, 0.3) is 5.69 Å². The van der Waals surface area contributed by atoms with Gasteiger partial charge in [0.1, 0.15) is 5.69 Å². The van der Waals surface area contributed by atoms with Crippen LogP contribution in [0.1, 0.15) is 5.56 Å². The zero-order chi connectivity index (χ0) is 14.7. The second-order valence-electron chi connectivity index (χ2n) is 4.34. The topological polar surface area (TPSA) is 46.4 Å². The quantitative estimate of drug-likeness (QED) is 0.550. The van der Waals surface area contributed by atoms with Gasteiger partial charge in [0.15, 0.2) is 0 Å². The van der Waals surface area contributed by atoms with E-state index < -0.39 is 0 Å². The molecule has 0 saturated carbocycles. The van der Waals surface area contributed by atoms with E-state index in [0.717, 1.165) is 10.0 Å². The lowest BCUT2D eigenvalue weighted by atomic mass is 10.2. The number of nitrogens with zero attached hydrogens (tertiary/aromatic N) is 2. The van der Waals surface area contributed by atoms with Crippen molar-refractivity contribution in [1.82, 2.24) is 0 Å². The van der Waals surface area contributed by atoms with E-state index in [1.54, 1.807) is 12.1 Å². The summed E-state index contributed by atoms with van der Waals surface area (Å²) in [4.78, 5) is 12.6. The molecule has 0 spiro atoms. The summed E-state index contributed by atoms with van der Waals surface area (Å²) in [5.41, 5.74) is 1.76. The normalized spacial score (nSPS) is 10.3. The SMILES string of the molecule is CN(Cc1ccccc1Br)c1ccc(Br)cc1[N+](=O)[O-]. The standard InChI is InChI=1S/C14H12Br2N2O2/c1-17(9-10-4-2-3-5-12(10)16)13-7-6-11(15)8-14(13)18(19)20/h2-8H,9H2,1H3. The molecule has 0 heterocycles. The molecule has 2 aromatic carbocycles. The summed E-state index contributed by atoms with van der Waals surface area (Å²) < 4.78 is 1.69. The average molecular weight is 400 g/mol. The maximum absolute atomic E-state index is 11.1. The number of nitro benzene ring substituents is 1. The highest BCUT2D eigenvalue weighted by atomic mass is 79.9. The van der Waals surface area contributed by atoms with Crippen LogP contribution < -0.4 is 4.90 Å². The fourth-order valence-corrected chi connectivity index (χ4v) is 2.69. The van der Waals surface area contributed by atoms with Gasteiger partial charge < -0.3 is 4.90 Å². The Morgan fingerprint density at radius 2 is 1.90 bits per heavy atom. The van der Waals surface area contributed by atoms with Gasteiger partial charge in [-0.25, -0.2) is 0 Å². The van der Waals surface area contributed by atoms with Crippen molar-refractivity contribution in [2.24, 2.45) is 0 Å². The number of benzene rings is 2. The minimum Gasteiger partial charge on any atom is -0.365 e. The molecular weight excluding hydrogens is 388 g/mol. The zero-order valence-corrected chi connectivity index (χ0v) is 13.9. The van der Waals surface area contributed by atoms with Crippen LogP contribution in [0.25, 0.3) is 0 Å². The third-order valence-electron chi connectivity index (χ3n) is 2.91. The second kappa shape index (κ2) is 6.37. The first-order valence-electron chi connectivity index (χ1n) is 5.87. The van der Waals surface area contributed by atoms with Crippen LogP contribution in [0.15, 0.2) is 51.4 Å². The van der Waals surface area contributed by atoms with Crippen LogP contribution in [0.3, 0.4) is 0 Å². The highest BCUT2D eigenvalue weighted by Crippen LogP contribution is 2.32. The maximum atomic E-state index is 11.1. The molecule has 0 aliphatic rings. The van der Waals surface area contributed by atoms with Crippen LogP contribution in [0.4, 0.5) is 11.4 Å². The van der Waals surface area contributed by atoms with Gasteiger partial charge in [-0.15, -0.1) is 0 Å². The molecule has 0 atom stereocenters. The van der Waals surface area contributed by atoms with E-state index in [1.807, 2.05) is 36.2 Å². The van der Waals surface area contributed by atoms with Gasteiger partial charge in [0.05, 0.1) is 4.92 Å². The largest absolute Gasteiger partial charge is 0.365 e. The van der Waals surface area contributed by atoms with Crippen molar-refractivity contribution in [3.8, 4) is 0 Å². The van der Waals surface area contributed by atoms with E-state index in [2.05, 4.69) is 31.9 Å². The van der Waals surface area contributed by atoms with E-state index in [9.17, 15) is 10.1 Å². The number of rotatable bonds is 4. The Morgan fingerprint density at radius 1 is 1.20 bits per heavy atom. The predicted molar refractivity (Wildman–Crippen MR) is 87.0 cm³/mol. The molecule has 4 nitrogen and oxygen atoms in total. The van der Waals surface area contributed by atoms with Crippen molar-refractivity contribution >= 4 is 43.2 Å². The number of halogens is 2. The Labute approximate surface area is 133 Å². The molecule has 0 N–H and O–H groups in total. The van der Waals surface area contributed by atoms with Crippen LogP contribution in [0, 0.1) is 10.1 Å². The van der Waals surface area contributed by atoms with Crippen molar-refractivity contribution in [3.63, 3.8) is 0 Å². The molecule has 104 valence electrons. The molecule has 2 rings (SSSR count). The Balaban J connectivity index is 2.32. The lowest BCUT2D eigenvalue weighted by Crippen LogP contribution is -2.18. The molecule has 0 amide bonds. The summed E-state index contributed by atoms with van der Waals surface area (Å²) in [5, 5.41) is 11.1. The van der Waals surface area contributed by atoms with Crippen molar-refractivity contribution < 1.29 is 4.92 Å². The van der Waals surface area contributed by atoms with Crippen LogP contribution in [0.5, 0.6) is 0 Å². The minimum atomic E-state index is -0.364. The molecular formula is C14H12Br2N2O2. The Hall–Kier alpha value is -1.40. The van der Waals surface area contributed by atoms with Crippen molar-refractivity contribution in [3.05, 3.63) is 67.1 Å². The van der Waals surface area contributed by atoms with Crippen LogP contribution in [0.2, 0.25) is 0 Å². The first-order chi connectivity index (χ1) is 9.49. The molecule has 6 heteroatoms. The fraction of sp³-hybridized carbons (Fsp3) is 0.143. The fourth-order valence-electron chi connectivity index (χ4n) is 1.93. The number of nitro groups is 1. The maximum Gasteiger partial charge on any atom is 0.293 e. The van der Waals surface area contributed by atoms with Crippen LogP contribution in [-0.2, 0) is 6.54 Å². The predicted octanol–water partition coefficient (Wildman–Crippen LogP) is 4.76. The summed E-state index contributed by atoms with van der Waals surface area (Å²) in [6, 6.07) is 12.9. The summed E-state index contributed by atoms with van der Waals surface area (Å²) >= 11 is 6.75. The molecule has 0 aliphatic heterocycles. The van der Waals surface area contributed by atoms with E-state index in [0.29, 0.717) is 16.7 Å². The minimum absolute atomic E-state index is 0.0916. The Morgan fingerprint density at radius 3 is 2.55 bits per heavy atom. The number of anilines is 1. The van der Waals surface area contributed by atoms with Gasteiger partial charge in [-0.2, -0.15) is 0 Å². The van der Waals surface area contributed by atoms with E-state index in [4.69, 9.17) is 0 Å². The van der Waals surface area contributed by atoms with Gasteiger partial charge >= 0.3 is 0 Å². The molecule has 0 unspecified atom stereocenters. The molecule has 0 fully saturated rings. The van der Waals surface area contributed by atoms with Gasteiger partial charge in [-0.05, 0) is 23.8 Å². The third kappa shape index (κ3) is 3.37. The summed E-state index contributed by atoms with van der Waals surface area (Å²) in [5.74, 6) is 0. The van der Waals surface area contributed by atoms with Crippen molar-refractivity contribution in [2.45, 2.75) is 6.54 Å². The first kappa shape index (κ1) is 15.0. The zero-order valence-electron chi connectivity index (χ0n) is 10.7. The van der Waals surface area contributed by atoms with Crippen molar-refractivity contribution in [1.29, 1.82) is 0 Å². The van der Waals surface area contributed by atoms with E-state index >= 15 is 0 Å². The number of hydrogen-bond acceptors (Lipinski definition) is 3. The molecule has 0 aromatic heterocycles. The molecule has 0 radical (unpaired) electrons. The smallest absolute Gasteiger partial charge is 0.293 e.